The minimum absolute atomic E-state index is 0.00145. The number of nitrogens with zero attached hydrogens (tertiary/aromatic N) is 1. The highest BCUT2D eigenvalue weighted by molar-refractivity contribution is 6.63. The summed E-state index contributed by atoms with van der Waals surface area (Å²) in [5.41, 5.74) is 4.62. The van der Waals surface area contributed by atoms with E-state index in [9.17, 15) is 14.7 Å². The van der Waals surface area contributed by atoms with Gasteiger partial charge in [-0.2, -0.15) is 0 Å². The zero-order valence-electron chi connectivity index (χ0n) is 15.3. The number of hydrogen-bond acceptors (Lipinski definition) is 4. The van der Waals surface area contributed by atoms with Crippen LogP contribution in [0.5, 0.6) is 0 Å². The van der Waals surface area contributed by atoms with E-state index < -0.39 is 11.3 Å². The molecule has 0 saturated heterocycles. The molecular weight excluding hydrogens is 382 g/mol. The second kappa shape index (κ2) is 9.68. The fourth-order valence-corrected chi connectivity index (χ4v) is 3.57. The van der Waals surface area contributed by atoms with E-state index in [4.69, 9.17) is 21.1 Å². The highest BCUT2D eigenvalue weighted by atomic mass is 35.5. The van der Waals surface area contributed by atoms with Gasteiger partial charge in [-0.25, -0.2) is 4.79 Å². The van der Waals surface area contributed by atoms with Crippen molar-refractivity contribution in [1.82, 2.24) is 4.90 Å². The Morgan fingerprint density at radius 1 is 0.929 bits per heavy atom. The molecule has 0 aliphatic heterocycles. The number of halogens is 1. The standard InChI is InChI=1S/C21H22ClNO5/c22-20(24)14-28-12-11-27-10-9-23(21(25)26)13-19-17-7-3-1-5-15(17)16-6-2-4-8-18(16)19/h1-8,19H,9-14H2,(H,25,26). The van der Waals surface area contributed by atoms with Crippen molar-refractivity contribution in [2.45, 2.75) is 5.92 Å². The molecule has 2 aromatic carbocycles. The van der Waals surface area contributed by atoms with E-state index in [-0.39, 0.29) is 38.9 Å². The molecule has 0 saturated carbocycles. The van der Waals surface area contributed by atoms with Gasteiger partial charge in [-0.1, -0.05) is 48.5 Å². The van der Waals surface area contributed by atoms with Crippen LogP contribution in [0.3, 0.4) is 0 Å². The lowest BCUT2D eigenvalue weighted by atomic mass is 9.96. The van der Waals surface area contributed by atoms with Crippen LogP contribution in [0.1, 0.15) is 17.0 Å². The Morgan fingerprint density at radius 2 is 1.50 bits per heavy atom. The zero-order chi connectivity index (χ0) is 19.9. The lowest BCUT2D eigenvalue weighted by Crippen LogP contribution is -2.36. The van der Waals surface area contributed by atoms with Gasteiger partial charge in [-0.3, -0.25) is 4.79 Å². The van der Waals surface area contributed by atoms with Crippen molar-refractivity contribution in [3.8, 4) is 11.1 Å². The SMILES string of the molecule is O=C(Cl)COCCOCCN(CC1c2ccccc2-c2ccccc21)C(=O)O. The lowest BCUT2D eigenvalue weighted by Gasteiger charge is -2.24. The first-order valence-corrected chi connectivity index (χ1v) is 9.45. The molecule has 148 valence electrons. The van der Waals surface area contributed by atoms with Gasteiger partial charge in [0.1, 0.15) is 6.61 Å². The first kappa shape index (κ1) is 20.3. The average Bonchev–Trinajstić information content (AvgIpc) is 3.00. The molecule has 1 N–H and O–H groups in total. The maximum Gasteiger partial charge on any atom is 0.407 e. The molecule has 1 aliphatic rings. The number of fused-ring (bicyclic) bond motifs is 3. The summed E-state index contributed by atoms with van der Waals surface area (Å²) < 4.78 is 10.4. The Labute approximate surface area is 168 Å². The molecule has 7 heteroatoms. The van der Waals surface area contributed by atoms with Gasteiger partial charge in [0.05, 0.1) is 19.8 Å². The van der Waals surface area contributed by atoms with Crippen molar-refractivity contribution in [3.63, 3.8) is 0 Å². The van der Waals surface area contributed by atoms with Crippen LogP contribution < -0.4 is 0 Å². The Hall–Kier alpha value is -2.41. The van der Waals surface area contributed by atoms with Gasteiger partial charge in [0.15, 0.2) is 0 Å². The number of carbonyl (C=O) groups is 2. The quantitative estimate of drug-likeness (QED) is 0.484. The van der Waals surface area contributed by atoms with E-state index >= 15 is 0 Å². The molecule has 0 heterocycles. The maximum absolute atomic E-state index is 11.7. The van der Waals surface area contributed by atoms with Crippen molar-refractivity contribution in [2.24, 2.45) is 0 Å². The summed E-state index contributed by atoms with van der Waals surface area (Å²) in [5.74, 6) is 0.00145. The van der Waals surface area contributed by atoms with Crippen molar-refractivity contribution < 1.29 is 24.2 Å². The highest BCUT2D eigenvalue weighted by Crippen LogP contribution is 2.44. The van der Waals surface area contributed by atoms with Crippen LogP contribution in [0.2, 0.25) is 0 Å². The van der Waals surface area contributed by atoms with Crippen molar-refractivity contribution in [1.29, 1.82) is 0 Å². The second-order valence-corrected chi connectivity index (χ2v) is 6.90. The number of rotatable bonds is 10. The highest BCUT2D eigenvalue weighted by Gasteiger charge is 2.30. The maximum atomic E-state index is 11.7. The van der Waals surface area contributed by atoms with Crippen LogP contribution in [-0.4, -0.2) is 60.9 Å². The van der Waals surface area contributed by atoms with Gasteiger partial charge >= 0.3 is 6.09 Å². The molecule has 28 heavy (non-hydrogen) atoms. The monoisotopic (exact) mass is 403 g/mol. The van der Waals surface area contributed by atoms with Crippen LogP contribution >= 0.6 is 11.6 Å². The van der Waals surface area contributed by atoms with Crippen molar-refractivity contribution >= 4 is 22.9 Å². The third kappa shape index (κ3) is 4.90. The van der Waals surface area contributed by atoms with Gasteiger partial charge in [0, 0.05) is 19.0 Å². The smallest absolute Gasteiger partial charge is 0.407 e. The van der Waals surface area contributed by atoms with E-state index in [0.29, 0.717) is 6.54 Å². The molecule has 6 nitrogen and oxygen atoms in total. The molecule has 2 aromatic rings. The van der Waals surface area contributed by atoms with E-state index in [1.54, 1.807) is 0 Å². The summed E-state index contributed by atoms with van der Waals surface area (Å²) in [6.45, 7) is 1.21. The Morgan fingerprint density at radius 3 is 2.07 bits per heavy atom. The normalized spacial score (nSPS) is 12.5. The predicted octanol–water partition coefficient (Wildman–Crippen LogP) is 3.58. The van der Waals surface area contributed by atoms with Gasteiger partial charge in [-0.05, 0) is 33.9 Å². The van der Waals surface area contributed by atoms with Crippen LogP contribution in [0, 0.1) is 0 Å². The fraction of sp³-hybridized carbons (Fsp3) is 0.333. The molecular formula is C21H22ClNO5. The van der Waals surface area contributed by atoms with Crippen molar-refractivity contribution in [3.05, 3.63) is 59.7 Å². The van der Waals surface area contributed by atoms with E-state index in [0.717, 1.165) is 22.3 Å². The first-order valence-electron chi connectivity index (χ1n) is 9.08. The molecule has 1 amide bonds. The van der Waals surface area contributed by atoms with Gasteiger partial charge in [0.25, 0.3) is 0 Å². The zero-order valence-corrected chi connectivity index (χ0v) is 16.1. The van der Waals surface area contributed by atoms with Gasteiger partial charge in [0.2, 0.25) is 5.24 Å². The summed E-state index contributed by atoms with van der Waals surface area (Å²) in [4.78, 5) is 23.7. The third-order valence-electron chi connectivity index (χ3n) is 4.73. The molecule has 0 spiro atoms. The predicted molar refractivity (Wildman–Crippen MR) is 106 cm³/mol. The first-order chi connectivity index (χ1) is 13.6. The van der Waals surface area contributed by atoms with Gasteiger partial charge in [-0.15, -0.1) is 0 Å². The van der Waals surface area contributed by atoms with E-state index in [1.165, 1.54) is 4.90 Å². The number of amides is 1. The molecule has 0 fully saturated rings. The minimum atomic E-state index is -0.977. The summed E-state index contributed by atoms with van der Waals surface area (Å²) in [6, 6.07) is 16.2. The number of carboxylic acid groups (broad SMARTS) is 1. The van der Waals surface area contributed by atoms with E-state index in [2.05, 4.69) is 24.3 Å². The number of hydrogen-bond donors (Lipinski definition) is 1. The van der Waals surface area contributed by atoms with Gasteiger partial charge < -0.3 is 19.5 Å². The van der Waals surface area contributed by atoms with Crippen LogP contribution in [-0.2, 0) is 14.3 Å². The number of carbonyl (C=O) groups excluding carboxylic acids is 1. The molecule has 0 unspecified atom stereocenters. The largest absolute Gasteiger partial charge is 0.465 e. The summed E-state index contributed by atoms with van der Waals surface area (Å²) in [7, 11) is 0. The molecule has 0 aromatic heterocycles. The van der Waals surface area contributed by atoms with E-state index in [1.807, 2.05) is 24.3 Å². The topological polar surface area (TPSA) is 76.1 Å². The summed E-state index contributed by atoms with van der Waals surface area (Å²) in [5, 5.41) is 9.06. The average molecular weight is 404 g/mol. The molecule has 1 aliphatic carbocycles. The fourth-order valence-electron chi connectivity index (χ4n) is 3.49. The number of ether oxygens (including phenoxy) is 2. The van der Waals surface area contributed by atoms with Crippen molar-refractivity contribution in [2.75, 3.05) is 39.5 Å². The molecule has 3 rings (SSSR count). The molecule has 0 atom stereocenters. The Balaban J connectivity index is 1.59. The minimum Gasteiger partial charge on any atom is -0.465 e. The molecule has 0 bridgehead atoms. The van der Waals surface area contributed by atoms with Crippen LogP contribution in [0.25, 0.3) is 11.1 Å². The Kier molecular flexibility index (Phi) is 7.03. The summed E-state index contributed by atoms with van der Waals surface area (Å²) >= 11 is 5.17. The molecule has 0 radical (unpaired) electrons. The third-order valence-corrected chi connectivity index (χ3v) is 4.84. The number of benzene rings is 2. The lowest BCUT2D eigenvalue weighted by molar-refractivity contribution is -0.116. The van der Waals surface area contributed by atoms with Crippen LogP contribution in [0.15, 0.2) is 48.5 Å². The van der Waals surface area contributed by atoms with Crippen LogP contribution in [0.4, 0.5) is 4.79 Å². The Bertz CT molecular complexity index is 796. The second-order valence-electron chi connectivity index (χ2n) is 6.48. The summed E-state index contributed by atoms with van der Waals surface area (Å²) in [6.07, 6.45) is -0.977.